The van der Waals surface area contributed by atoms with Crippen molar-refractivity contribution in [1.82, 2.24) is 19.7 Å². The van der Waals surface area contributed by atoms with E-state index in [9.17, 15) is 46.0 Å². The smallest absolute Gasteiger partial charge is 0.341 e. The van der Waals surface area contributed by atoms with E-state index in [1.54, 1.807) is 0 Å². The van der Waals surface area contributed by atoms with Crippen molar-refractivity contribution in [3.05, 3.63) is 85.3 Å². The van der Waals surface area contributed by atoms with Gasteiger partial charge in [0.1, 0.15) is 12.6 Å². The normalized spacial score (nSPS) is 12.8. The zero-order valence-electron chi connectivity index (χ0n) is 19.1. The lowest BCUT2D eigenvalue weighted by Crippen LogP contribution is -2.38. The van der Waals surface area contributed by atoms with E-state index < -0.39 is 72.1 Å². The zero-order valence-corrected chi connectivity index (χ0v) is 19.8. The fourth-order valence-corrected chi connectivity index (χ4v) is 3.73. The molecule has 9 nitrogen and oxygen atoms in total. The number of hydrogen-bond donors (Lipinski definition) is 1. The van der Waals surface area contributed by atoms with E-state index in [2.05, 4.69) is 10.4 Å². The number of nitrogens with zero attached hydrogens (tertiary/aromatic N) is 4. The van der Waals surface area contributed by atoms with Gasteiger partial charge in [0.05, 0.1) is 12.0 Å². The molecule has 1 aromatic heterocycles. The van der Waals surface area contributed by atoms with Crippen molar-refractivity contribution < 1.29 is 36.1 Å². The van der Waals surface area contributed by atoms with Crippen LogP contribution in [0.1, 0.15) is 23.6 Å². The van der Waals surface area contributed by atoms with Crippen LogP contribution in [0, 0.1) is 10.1 Å². The number of carbonyl (C=O) groups is 1. The second kappa shape index (κ2) is 11.2. The van der Waals surface area contributed by atoms with Crippen molar-refractivity contribution >= 4 is 17.5 Å². The molecule has 1 heterocycles. The van der Waals surface area contributed by atoms with Gasteiger partial charge in [0.2, 0.25) is 12.5 Å². The molecule has 0 saturated heterocycles. The SMILES string of the molecule is O=C(Cn1nc(-c2ccc(Cl)cc2)n(CCC(F)(F)F)c1=O)NC(C[N+](=O)[O-])c1ccccc1C(F)(F)F. The molecule has 1 N–H and O–H groups in total. The van der Waals surface area contributed by atoms with Gasteiger partial charge < -0.3 is 5.32 Å². The van der Waals surface area contributed by atoms with Gasteiger partial charge in [-0.25, -0.2) is 9.48 Å². The minimum Gasteiger partial charge on any atom is -0.341 e. The summed E-state index contributed by atoms with van der Waals surface area (Å²) in [4.78, 5) is 35.7. The van der Waals surface area contributed by atoms with Gasteiger partial charge in [0, 0.05) is 22.1 Å². The van der Waals surface area contributed by atoms with Crippen molar-refractivity contribution in [2.45, 2.75) is 37.9 Å². The number of nitrogens with one attached hydrogen (secondary N) is 1. The standard InChI is InChI=1S/C22H18ClF6N5O4/c23-14-7-5-13(6-8-14)19-31-33(20(36)32(19)10-9-21(24,25)26)12-18(35)30-17(11-34(37)38)15-3-1-2-4-16(15)22(27,28)29/h1-8,17H,9-12H2,(H,30,35). The van der Waals surface area contributed by atoms with Crippen molar-refractivity contribution in [1.29, 1.82) is 0 Å². The van der Waals surface area contributed by atoms with Gasteiger partial charge in [-0.1, -0.05) is 29.8 Å². The molecule has 38 heavy (non-hydrogen) atoms. The fraction of sp³-hybridized carbons (Fsp3) is 0.318. The molecule has 0 aliphatic carbocycles. The number of alkyl halides is 6. The van der Waals surface area contributed by atoms with Crippen molar-refractivity contribution in [2.75, 3.05) is 6.54 Å². The Morgan fingerprint density at radius 1 is 1.08 bits per heavy atom. The maximum absolute atomic E-state index is 13.4. The van der Waals surface area contributed by atoms with E-state index >= 15 is 0 Å². The lowest BCUT2D eigenvalue weighted by molar-refractivity contribution is -0.484. The van der Waals surface area contributed by atoms with Crippen LogP contribution in [0.4, 0.5) is 26.3 Å². The number of amides is 1. The molecule has 1 atom stereocenters. The van der Waals surface area contributed by atoms with Crippen LogP contribution in [0.3, 0.4) is 0 Å². The van der Waals surface area contributed by atoms with Crippen LogP contribution >= 0.6 is 11.6 Å². The van der Waals surface area contributed by atoms with E-state index in [4.69, 9.17) is 11.6 Å². The van der Waals surface area contributed by atoms with E-state index in [1.165, 1.54) is 30.3 Å². The Labute approximate surface area is 214 Å². The topological polar surface area (TPSA) is 112 Å². The van der Waals surface area contributed by atoms with Gasteiger partial charge in [-0.05, 0) is 35.9 Å². The largest absolute Gasteiger partial charge is 0.416 e. The Morgan fingerprint density at radius 3 is 2.29 bits per heavy atom. The molecular weight excluding hydrogens is 548 g/mol. The Kier molecular flexibility index (Phi) is 8.49. The van der Waals surface area contributed by atoms with Crippen LogP contribution in [-0.4, -0.2) is 37.9 Å². The molecule has 3 aromatic rings. The first kappa shape index (κ1) is 28.7. The quantitative estimate of drug-likeness (QED) is 0.234. The van der Waals surface area contributed by atoms with Crippen molar-refractivity contribution in [3.63, 3.8) is 0 Å². The van der Waals surface area contributed by atoms with Crippen LogP contribution in [0.15, 0.2) is 53.3 Å². The number of hydrogen-bond acceptors (Lipinski definition) is 5. The van der Waals surface area contributed by atoms with E-state index in [0.717, 1.165) is 12.1 Å². The molecule has 0 bridgehead atoms. The summed E-state index contributed by atoms with van der Waals surface area (Å²) in [6.45, 7) is -2.87. The first-order valence-electron chi connectivity index (χ1n) is 10.7. The number of rotatable bonds is 9. The Hall–Kier alpha value is -3.88. The minimum absolute atomic E-state index is 0.207. The maximum atomic E-state index is 13.4. The summed E-state index contributed by atoms with van der Waals surface area (Å²) in [5.41, 5.74) is -2.67. The molecule has 3 rings (SSSR count). The summed E-state index contributed by atoms with van der Waals surface area (Å²) >= 11 is 5.83. The minimum atomic E-state index is -4.88. The van der Waals surface area contributed by atoms with Gasteiger partial charge in [-0.15, -0.1) is 5.10 Å². The van der Waals surface area contributed by atoms with Gasteiger partial charge in [-0.2, -0.15) is 26.3 Å². The molecule has 0 aliphatic heterocycles. The van der Waals surface area contributed by atoms with Gasteiger partial charge in [-0.3, -0.25) is 19.5 Å². The van der Waals surface area contributed by atoms with E-state index in [0.29, 0.717) is 20.3 Å². The maximum Gasteiger partial charge on any atom is 0.416 e. The van der Waals surface area contributed by atoms with Crippen molar-refractivity contribution in [2.24, 2.45) is 0 Å². The second-order valence-corrected chi connectivity index (χ2v) is 8.44. The molecule has 204 valence electrons. The fourth-order valence-electron chi connectivity index (χ4n) is 3.60. The highest BCUT2D eigenvalue weighted by Crippen LogP contribution is 2.34. The summed E-state index contributed by atoms with van der Waals surface area (Å²) in [6.07, 6.45) is -10.9. The van der Waals surface area contributed by atoms with Gasteiger partial charge >= 0.3 is 18.0 Å². The summed E-state index contributed by atoms with van der Waals surface area (Å²) in [7, 11) is 0. The highest BCUT2D eigenvalue weighted by Gasteiger charge is 2.37. The van der Waals surface area contributed by atoms with Crippen LogP contribution in [0.2, 0.25) is 5.02 Å². The summed E-state index contributed by atoms with van der Waals surface area (Å²) < 4.78 is 80.1. The number of nitro groups is 1. The van der Waals surface area contributed by atoms with E-state index in [1.807, 2.05) is 0 Å². The Morgan fingerprint density at radius 2 is 1.71 bits per heavy atom. The average Bonchev–Trinajstić information content (AvgIpc) is 3.11. The molecule has 1 unspecified atom stereocenters. The highest BCUT2D eigenvalue weighted by molar-refractivity contribution is 6.30. The Balaban J connectivity index is 1.94. The molecule has 0 saturated carbocycles. The van der Waals surface area contributed by atoms with Crippen LogP contribution < -0.4 is 11.0 Å². The number of carbonyl (C=O) groups excluding carboxylic acids is 1. The molecule has 0 radical (unpaired) electrons. The molecule has 0 spiro atoms. The number of halogens is 7. The van der Waals surface area contributed by atoms with Crippen LogP contribution in [0.5, 0.6) is 0 Å². The predicted molar refractivity (Wildman–Crippen MR) is 122 cm³/mol. The number of aromatic nitrogens is 3. The number of benzene rings is 2. The third-order valence-electron chi connectivity index (χ3n) is 5.25. The summed E-state index contributed by atoms with van der Waals surface area (Å²) in [5, 5.41) is 17.4. The Bertz CT molecular complexity index is 1370. The average molecular weight is 566 g/mol. The molecule has 0 fully saturated rings. The van der Waals surface area contributed by atoms with Gasteiger partial charge in [0.25, 0.3) is 0 Å². The third kappa shape index (κ3) is 7.34. The molecule has 1 amide bonds. The predicted octanol–water partition coefficient (Wildman–Crippen LogP) is 4.47. The lowest BCUT2D eigenvalue weighted by atomic mass is 9.99. The van der Waals surface area contributed by atoms with Crippen molar-refractivity contribution in [3.8, 4) is 11.4 Å². The third-order valence-corrected chi connectivity index (χ3v) is 5.50. The molecule has 2 aromatic carbocycles. The molecule has 0 aliphatic rings. The summed E-state index contributed by atoms with van der Waals surface area (Å²) in [6, 6.07) is 7.79. The van der Waals surface area contributed by atoms with E-state index in [-0.39, 0.29) is 11.4 Å². The summed E-state index contributed by atoms with van der Waals surface area (Å²) in [5.74, 6) is -1.34. The first-order chi connectivity index (χ1) is 17.7. The molecular formula is C22H18ClF6N5O4. The highest BCUT2D eigenvalue weighted by atomic mass is 35.5. The van der Waals surface area contributed by atoms with Crippen LogP contribution in [-0.2, 0) is 24.1 Å². The first-order valence-corrected chi connectivity index (χ1v) is 11.1. The second-order valence-electron chi connectivity index (χ2n) is 8.01. The zero-order chi connectivity index (χ0) is 28.3. The monoisotopic (exact) mass is 565 g/mol. The lowest BCUT2D eigenvalue weighted by Gasteiger charge is -2.20. The van der Waals surface area contributed by atoms with Crippen LogP contribution in [0.25, 0.3) is 11.4 Å². The molecule has 16 heteroatoms. The van der Waals surface area contributed by atoms with Gasteiger partial charge in [0.15, 0.2) is 5.82 Å².